The number of H-pyrrole nitrogens is 1. The Morgan fingerprint density at radius 1 is 1.17 bits per heavy atom. The van der Waals surface area contributed by atoms with E-state index in [2.05, 4.69) is 25.7 Å². The predicted octanol–water partition coefficient (Wildman–Crippen LogP) is 4.79. The van der Waals surface area contributed by atoms with Gasteiger partial charge >= 0.3 is 0 Å². The smallest absolute Gasteiger partial charge is 0.203 e. The van der Waals surface area contributed by atoms with Crippen molar-refractivity contribution in [3.05, 3.63) is 64.6 Å². The molecule has 4 aromatic rings. The number of aromatic nitrogens is 3. The summed E-state index contributed by atoms with van der Waals surface area (Å²) in [6.45, 7) is 0. The zero-order valence-electron chi connectivity index (χ0n) is 12.4. The number of hydrogen-bond donors (Lipinski definition) is 2. The molecule has 5 nitrogen and oxygen atoms in total. The summed E-state index contributed by atoms with van der Waals surface area (Å²) in [5, 5.41) is 15.2. The maximum absolute atomic E-state index is 6.05. The van der Waals surface area contributed by atoms with E-state index in [1.54, 1.807) is 6.21 Å². The van der Waals surface area contributed by atoms with Crippen LogP contribution in [-0.4, -0.2) is 21.4 Å². The molecule has 0 saturated heterocycles. The second-order valence-electron chi connectivity index (χ2n) is 5.09. The van der Waals surface area contributed by atoms with Crippen molar-refractivity contribution in [3.8, 4) is 11.3 Å². The molecule has 0 unspecified atom stereocenters. The van der Waals surface area contributed by atoms with Crippen molar-refractivity contribution in [3.63, 3.8) is 0 Å². The minimum Gasteiger partial charge on any atom is -0.266 e. The number of halogens is 1. The first-order valence-electron chi connectivity index (χ1n) is 7.23. The third-order valence-corrected chi connectivity index (χ3v) is 4.51. The summed E-state index contributed by atoms with van der Waals surface area (Å²) in [4.78, 5) is 4.53. The normalized spacial score (nSPS) is 11.4. The number of rotatable bonds is 4. The highest BCUT2D eigenvalue weighted by Crippen LogP contribution is 2.24. The molecule has 0 atom stereocenters. The summed E-state index contributed by atoms with van der Waals surface area (Å²) in [5.41, 5.74) is 6.74. The summed E-state index contributed by atoms with van der Waals surface area (Å²) in [7, 11) is 0. The van der Waals surface area contributed by atoms with Crippen molar-refractivity contribution in [2.45, 2.75) is 0 Å². The molecule has 0 aliphatic rings. The van der Waals surface area contributed by atoms with E-state index in [0.29, 0.717) is 5.15 Å². The van der Waals surface area contributed by atoms with Crippen LogP contribution in [0.4, 0.5) is 5.13 Å². The summed E-state index contributed by atoms with van der Waals surface area (Å²) in [6.07, 6.45) is 1.73. The fourth-order valence-electron chi connectivity index (χ4n) is 2.31. The molecule has 0 spiro atoms. The average molecular weight is 354 g/mol. The molecule has 7 heteroatoms. The molecular formula is C17H12ClN5S. The summed E-state index contributed by atoms with van der Waals surface area (Å²) < 4.78 is 0. The third-order valence-electron chi connectivity index (χ3n) is 3.48. The number of aromatic amines is 1. The van der Waals surface area contributed by atoms with Crippen LogP contribution in [0.3, 0.4) is 0 Å². The van der Waals surface area contributed by atoms with Gasteiger partial charge in [0, 0.05) is 16.3 Å². The maximum Gasteiger partial charge on any atom is 0.203 e. The number of nitrogens with one attached hydrogen (secondary N) is 2. The zero-order chi connectivity index (χ0) is 16.4. The van der Waals surface area contributed by atoms with Gasteiger partial charge < -0.3 is 0 Å². The van der Waals surface area contributed by atoms with Crippen LogP contribution in [0.25, 0.3) is 22.2 Å². The number of anilines is 1. The molecular weight excluding hydrogens is 342 g/mol. The number of fused-ring (bicyclic) bond motifs is 1. The Bertz CT molecular complexity index is 1010. The lowest BCUT2D eigenvalue weighted by molar-refractivity contribution is 1.12. The number of nitrogens with zero attached hydrogens (tertiary/aromatic N) is 3. The van der Waals surface area contributed by atoms with E-state index in [-0.39, 0.29) is 0 Å². The van der Waals surface area contributed by atoms with E-state index < -0.39 is 0 Å². The van der Waals surface area contributed by atoms with Crippen molar-refractivity contribution in [1.29, 1.82) is 0 Å². The highest BCUT2D eigenvalue weighted by atomic mass is 35.5. The molecule has 0 aliphatic heterocycles. The van der Waals surface area contributed by atoms with Gasteiger partial charge in [0.15, 0.2) is 0 Å². The quantitative estimate of drug-likeness (QED) is 0.409. The fourth-order valence-corrected chi connectivity index (χ4v) is 3.17. The van der Waals surface area contributed by atoms with Gasteiger partial charge in [0.25, 0.3) is 0 Å². The average Bonchev–Trinajstić information content (AvgIpc) is 3.23. The van der Waals surface area contributed by atoms with E-state index in [1.807, 2.05) is 53.9 Å². The Kier molecular flexibility index (Phi) is 3.98. The van der Waals surface area contributed by atoms with E-state index >= 15 is 0 Å². The molecule has 2 aromatic heterocycles. The van der Waals surface area contributed by atoms with Crippen LogP contribution in [0, 0.1) is 0 Å². The molecule has 0 bridgehead atoms. The highest BCUT2D eigenvalue weighted by molar-refractivity contribution is 7.14. The van der Waals surface area contributed by atoms with Crippen molar-refractivity contribution < 1.29 is 0 Å². The standard InChI is InChI=1S/C17H12ClN5S/c18-16-13-8-11(6-7-14(13)21-22-16)9-19-23-17-20-15(10-24-17)12-4-2-1-3-5-12/h1-10H,(H,20,23)(H,21,22). The van der Waals surface area contributed by atoms with Gasteiger partial charge in [0.2, 0.25) is 5.13 Å². The Balaban J connectivity index is 1.48. The number of benzene rings is 2. The number of hydrazone groups is 1. The van der Waals surface area contributed by atoms with E-state index in [4.69, 9.17) is 11.6 Å². The minimum atomic E-state index is 0.528. The van der Waals surface area contributed by atoms with Gasteiger partial charge in [0.05, 0.1) is 17.4 Å². The van der Waals surface area contributed by atoms with Gasteiger partial charge in [0.1, 0.15) is 5.15 Å². The summed E-state index contributed by atoms with van der Waals surface area (Å²) in [6, 6.07) is 15.8. The van der Waals surface area contributed by atoms with Crippen LogP contribution in [0.5, 0.6) is 0 Å². The summed E-state index contributed by atoms with van der Waals surface area (Å²) >= 11 is 7.56. The number of hydrogen-bond acceptors (Lipinski definition) is 5. The third kappa shape index (κ3) is 3.02. The van der Waals surface area contributed by atoms with Crippen LogP contribution in [0.2, 0.25) is 5.15 Å². The highest BCUT2D eigenvalue weighted by Gasteiger charge is 2.04. The van der Waals surface area contributed by atoms with Gasteiger partial charge in [-0.3, -0.25) is 10.5 Å². The first-order valence-corrected chi connectivity index (χ1v) is 8.49. The summed E-state index contributed by atoms with van der Waals surface area (Å²) in [5.74, 6) is 0. The molecule has 4 rings (SSSR count). The minimum absolute atomic E-state index is 0.528. The molecule has 24 heavy (non-hydrogen) atoms. The monoisotopic (exact) mass is 353 g/mol. The molecule has 2 heterocycles. The molecule has 118 valence electrons. The molecule has 0 saturated carbocycles. The second kappa shape index (κ2) is 6.43. The second-order valence-corrected chi connectivity index (χ2v) is 6.32. The lowest BCUT2D eigenvalue weighted by atomic mass is 10.2. The van der Waals surface area contributed by atoms with Crippen molar-refractivity contribution in [1.82, 2.24) is 15.2 Å². The van der Waals surface area contributed by atoms with Crippen LogP contribution in [0.1, 0.15) is 5.56 Å². The Morgan fingerprint density at radius 2 is 2.04 bits per heavy atom. The Morgan fingerprint density at radius 3 is 2.92 bits per heavy atom. The first-order chi connectivity index (χ1) is 11.8. The largest absolute Gasteiger partial charge is 0.266 e. The molecule has 0 amide bonds. The SMILES string of the molecule is Clc1[nH]nc2ccc(C=NNc3nc(-c4ccccc4)cs3)cc12. The van der Waals surface area contributed by atoms with Crippen molar-refractivity contribution >= 4 is 45.2 Å². The van der Waals surface area contributed by atoms with E-state index in [9.17, 15) is 0 Å². The predicted molar refractivity (Wildman–Crippen MR) is 99.9 cm³/mol. The lowest BCUT2D eigenvalue weighted by Gasteiger charge is -1.96. The molecule has 0 fully saturated rings. The fraction of sp³-hybridized carbons (Fsp3) is 0. The van der Waals surface area contributed by atoms with Gasteiger partial charge in [-0.05, 0) is 17.7 Å². The van der Waals surface area contributed by atoms with Gasteiger partial charge in [-0.25, -0.2) is 4.98 Å². The van der Waals surface area contributed by atoms with Crippen LogP contribution >= 0.6 is 22.9 Å². The first kappa shape index (κ1) is 14.9. The molecule has 0 radical (unpaired) electrons. The van der Waals surface area contributed by atoms with Gasteiger partial charge in [-0.15, -0.1) is 11.3 Å². The zero-order valence-corrected chi connectivity index (χ0v) is 14.0. The van der Waals surface area contributed by atoms with Crippen LogP contribution < -0.4 is 5.43 Å². The Hall–Kier alpha value is -2.70. The topological polar surface area (TPSA) is 66.0 Å². The van der Waals surface area contributed by atoms with E-state index in [1.165, 1.54) is 11.3 Å². The van der Waals surface area contributed by atoms with E-state index in [0.717, 1.165) is 32.9 Å². The maximum atomic E-state index is 6.05. The van der Waals surface area contributed by atoms with Gasteiger partial charge in [-0.2, -0.15) is 10.2 Å². The Labute approximate surface area is 147 Å². The van der Waals surface area contributed by atoms with Crippen LogP contribution in [0.15, 0.2) is 59.0 Å². The molecule has 2 aromatic carbocycles. The van der Waals surface area contributed by atoms with Crippen LogP contribution in [-0.2, 0) is 0 Å². The molecule has 0 aliphatic carbocycles. The van der Waals surface area contributed by atoms with Crippen molar-refractivity contribution in [2.24, 2.45) is 5.10 Å². The van der Waals surface area contributed by atoms with Crippen molar-refractivity contribution in [2.75, 3.05) is 5.43 Å². The van der Waals surface area contributed by atoms with Gasteiger partial charge in [-0.1, -0.05) is 48.0 Å². The number of thiazole rings is 1. The lowest BCUT2D eigenvalue weighted by Crippen LogP contribution is -1.90. The molecule has 2 N–H and O–H groups in total.